The Hall–Kier alpha value is -3.99. The van der Waals surface area contributed by atoms with Gasteiger partial charge in [0, 0.05) is 37.9 Å². The number of nitrogens with one attached hydrogen (secondary N) is 1. The Kier molecular flexibility index (Phi) is 13.9. The van der Waals surface area contributed by atoms with Gasteiger partial charge in [-0.15, -0.1) is 0 Å². The van der Waals surface area contributed by atoms with E-state index in [0.29, 0.717) is 49.8 Å². The number of hydrogen-bond donors (Lipinski definition) is 3. The minimum Gasteiger partial charge on any atom is -0.508 e. The molecule has 3 N–H and O–H groups in total. The molecule has 5 rings (SSSR count). The largest absolute Gasteiger partial charge is 0.508 e. The molecule has 51 heavy (non-hydrogen) atoms. The number of allylic oxidation sites excluding steroid dienone is 1. The Morgan fingerprint density at radius 2 is 1.73 bits per heavy atom. The molecular formula is C41H54N2O8. The zero-order valence-electron chi connectivity index (χ0n) is 30.1. The molecule has 1 aliphatic carbocycles. The molecule has 0 saturated carbocycles. The van der Waals surface area contributed by atoms with Gasteiger partial charge in [-0.05, 0) is 67.5 Å². The number of carbonyl (C=O) groups excluding carboxylic acids is 3. The van der Waals surface area contributed by atoms with Gasteiger partial charge in [0.15, 0.2) is 5.79 Å². The number of carbonyl (C=O) groups is 3. The van der Waals surface area contributed by atoms with Crippen LogP contribution in [0.5, 0.6) is 5.75 Å². The highest BCUT2D eigenvalue weighted by atomic mass is 16.8. The number of para-hydroxylation sites is 1. The number of aromatic hydroxyl groups is 1. The topological polar surface area (TPSA) is 135 Å². The molecule has 2 saturated heterocycles. The van der Waals surface area contributed by atoms with Crippen LogP contribution in [-0.4, -0.2) is 82.7 Å². The number of aliphatic hydroxyl groups excluding tert-OH is 1. The molecule has 2 aromatic carbocycles. The minimum absolute atomic E-state index is 0.126. The van der Waals surface area contributed by atoms with Crippen molar-refractivity contribution in [3.05, 3.63) is 82.9 Å². The Morgan fingerprint density at radius 3 is 2.41 bits per heavy atom. The Labute approximate surface area is 301 Å². The fourth-order valence-corrected chi connectivity index (χ4v) is 7.30. The zero-order valence-corrected chi connectivity index (χ0v) is 30.1. The van der Waals surface area contributed by atoms with Gasteiger partial charge < -0.3 is 34.6 Å². The molecule has 10 nitrogen and oxygen atoms in total. The van der Waals surface area contributed by atoms with Crippen LogP contribution in [0.4, 0.5) is 0 Å². The van der Waals surface area contributed by atoms with E-state index in [1.54, 1.807) is 29.2 Å². The lowest BCUT2D eigenvalue weighted by atomic mass is 9.91. The first-order valence-corrected chi connectivity index (χ1v) is 18.8. The number of phenolic OH excluding ortho intramolecular Hbond substituents is 1. The SMILES string of the molecule is CCCCCC1(CCCCC)O[C@@H]2[C@@H](C=C(C(=O)N3CCC[C@@H]3C(=O)NCCO)C[C@H]2OC(=O)c2ccc(C=CCc3ccccc3O)cc2)O1. The average Bonchev–Trinajstić information content (AvgIpc) is 3.77. The van der Waals surface area contributed by atoms with E-state index < -0.39 is 36.1 Å². The van der Waals surface area contributed by atoms with Crippen LogP contribution >= 0.6 is 0 Å². The smallest absolute Gasteiger partial charge is 0.338 e. The summed E-state index contributed by atoms with van der Waals surface area (Å²) >= 11 is 0. The van der Waals surface area contributed by atoms with E-state index in [1.807, 2.05) is 42.5 Å². The van der Waals surface area contributed by atoms with Crippen molar-refractivity contribution in [2.75, 3.05) is 19.7 Å². The van der Waals surface area contributed by atoms with Gasteiger partial charge in [0.25, 0.3) is 0 Å². The number of amides is 2. The summed E-state index contributed by atoms with van der Waals surface area (Å²) in [6, 6.07) is 13.7. The van der Waals surface area contributed by atoms with Crippen LogP contribution in [0.3, 0.4) is 0 Å². The second kappa shape index (κ2) is 18.5. The third-order valence-electron chi connectivity index (χ3n) is 10.0. The van der Waals surface area contributed by atoms with E-state index in [-0.39, 0.29) is 37.1 Å². The van der Waals surface area contributed by atoms with E-state index in [2.05, 4.69) is 19.2 Å². The molecule has 3 aliphatic rings. The Morgan fingerprint density at radius 1 is 1.00 bits per heavy atom. The van der Waals surface area contributed by atoms with Crippen LogP contribution in [0.25, 0.3) is 6.08 Å². The van der Waals surface area contributed by atoms with E-state index in [9.17, 15) is 24.6 Å². The highest BCUT2D eigenvalue weighted by Crippen LogP contribution is 2.43. The maximum Gasteiger partial charge on any atom is 0.338 e. The first-order valence-electron chi connectivity index (χ1n) is 18.8. The number of fused-ring (bicyclic) bond motifs is 1. The van der Waals surface area contributed by atoms with Crippen molar-refractivity contribution in [1.82, 2.24) is 10.2 Å². The van der Waals surface area contributed by atoms with Gasteiger partial charge in [-0.25, -0.2) is 4.79 Å². The summed E-state index contributed by atoms with van der Waals surface area (Å²) in [6.07, 6.45) is 13.3. The predicted molar refractivity (Wildman–Crippen MR) is 195 cm³/mol. The molecule has 276 valence electrons. The highest BCUT2D eigenvalue weighted by Gasteiger charge is 2.53. The van der Waals surface area contributed by atoms with Crippen LogP contribution in [0.1, 0.15) is 106 Å². The van der Waals surface area contributed by atoms with Gasteiger partial charge in [0.1, 0.15) is 30.1 Å². The summed E-state index contributed by atoms with van der Waals surface area (Å²) in [5.41, 5.74) is 2.55. The maximum absolute atomic E-state index is 14.1. The number of likely N-dealkylation sites (tertiary alicyclic amines) is 1. The number of phenols is 1. The van der Waals surface area contributed by atoms with Gasteiger partial charge in [-0.2, -0.15) is 0 Å². The number of rotatable bonds is 17. The molecule has 2 heterocycles. The lowest BCUT2D eigenvalue weighted by Gasteiger charge is -2.33. The average molecular weight is 703 g/mol. The molecule has 10 heteroatoms. The summed E-state index contributed by atoms with van der Waals surface area (Å²) in [4.78, 5) is 42.2. The van der Waals surface area contributed by atoms with Crippen molar-refractivity contribution in [3.63, 3.8) is 0 Å². The summed E-state index contributed by atoms with van der Waals surface area (Å²) < 4.78 is 19.7. The van der Waals surface area contributed by atoms with Crippen molar-refractivity contribution in [2.24, 2.45) is 0 Å². The first-order chi connectivity index (χ1) is 24.8. The summed E-state index contributed by atoms with van der Waals surface area (Å²) in [5.74, 6) is -1.64. The Balaban J connectivity index is 1.34. The van der Waals surface area contributed by atoms with E-state index in [1.165, 1.54) is 0 Å². The number of unbranched alkanes of at least 4 members (excludes halogenated alkanes) is 4. The van der Waals surface area contributed by atoms with Gasteiger partial charge in [-0.1, -0.05) is 82.0 Å². The molecule has 4 atom stereocenters. The third-order valence-corrected chi connectivity index (χ3v) is 10.0. The number of nitrogens with zero attached hydrogens (tertiary/aromatic N) is 1. The summed E-state index contributed by atoms with van der Waals surface area (Å²) in [7, 11) is 0. The quantitative estimate of drug-likeness (QED) is 0.130. The normalized spacial score (nSPS) is 22.5. The molecule has 0 spiro atoms. The van der Waals surface area contributed by atoms with E-state index in [4.69, 9.17) is 14.2 Å². The molecule has 0 radical (unpaired) electrons. The first kappa shape index (κ1) is 38.2. The van der Waals surface area contributed by atoms with Gasteiger partial charge in [-0.3, -0.25) is 9.59 Å². The highest BCUT2D eigenvalue weighted by molar-refractivity contribution is 5.98. The summed E-state index contributed by atoms with van der Waals surface area (Å²) in [6.45, 7) is 4.70. The van der Waals surface area contributed by atoms with Crippen LogP contribution in [-0.2, 0) is 30.2 Å². The Bertz CT molecular complexity index is 1530. The zero-order chi connectivity index (χ0) is 36.2. The van der Waals surface area contributed by atoms with Crippen LogP contribution in [0.2, 0.25) is 0 Å². The van der Waals surface area contributed by atoms with Crippen LogP contribution in [0, 0.1) is 0 Å². The number of aliphatic hydroxyl groups is 1. The van der Waals surface area contributed by atoms with Crippen molar-refractivity contribution in [1.29, 1.82) is 0 Å². The third kappa shape index (κ3) is 9.87. The molecule has 2 aliphatic heterocycles. The van der Waals surface area contributed by atoms with Crippen molar-refractivity contribution in [3.8, 4) is 5.75 Å². The molecule has 0 aromatic heterocycles. The predicted octanol–water partition coefficient (Wildman–Crippen LogP) is 6.24. The number of ether oxygens (including phenoxy) is 3. The minimum atomic E-state index is -0.829. The fourth-order valence-electron chi connectivity index (χ4n) is 7.30. The number of hydrogen-bond acceptors (Lipinski definition) is 8. The lowest BCUT2D eigenvalue weighted by Crippen LogP contribution is -2.49. The van der Waals surface area contributed by atoms with Gasteiger partial charge in [0.05, 0.1) is 12.2 Å². The van der Waals surface area contributed by atoms with Gasteiger partial charge in [0.2, 0.25) is 11.8 Å². The molecule has 0 bridgehead atoms. The monoisotopic (exact) mass is 702 g/mol. The van der Waals surface area contributed by atoms with Crippen molar-refractivity contribution >= 4 is 23.9 Å². The number of esters is 1. The molecule has 2 aromatic rings. The number of benzene rings is 2. The van der Waals surface area contributed by atoms with E-state index in [0.717, 1.165) is 49.7 Å². The molecule has 0 unspecified atom stereocenters. The summed E-state index contributed by atoms with van der Waals surface area (Å²) in [5, 5.41) is 21.9. The van der Waals surface area contributed by atoms with Crippen molar-refractivity contribution in [2.45, 2.75) is 121 Å². The second-order valence-corrected chi connectivity index (χ2v) is 13.9. The standard InChI is InChI=1S/C41H54N2O8/c1-3-5-9-22-41(23-10-6-4-2)50-36-28-32(39(47)43-25-12-16-33(43)38(46)42-24-26-44)27-35(37(36)51-41)49-40(48)31-20-18-29(19-21-31)13-11-15-30-14-7-8-17-34(30)45/h7-8,11,13-14,17-21,28,33,35-37,44-45H,3-6,9-10,12,15-16,22-27H2,1-2H3,(H,42,46)/t33-,35-,36-,37+/m1/s1. The molecule has 2 fully saturated rings. The maximum atomic E-state index is 14.1. The van der Waals surface area contributed by atoms with Crippen LogP contribution in [0.15, 0.2) is 66.3 Å². The van der Waals surface area contributed by atoms with E-state index >= 15 is 0 Å². The van der Waals surface area contributed by atoms with Crippen LogP contribution < -0.4 is 5.32 Å². The molecular weight excluding hydrogens is 648 g/mol. The second-order valence-electron chi connectivity index (χ2n) is 13.9. The lowest BCUT2D eigenvalue weighted by molar-refractivity contribution is -0.190. The molecule has 2 amide bonds. The van der Waals surface area contributed by atoms with Gasteiger partial charge >= 0.3 is 5.97 Å². The van der Waals surface area contributed by atoms with Crippen molar-refractivity contribution < 1.29 is 38.8 Å². The fraction of sp³-hybridized carbons (Fsp3) is 0.537.